The Morgan fingerprint density at radius 2 is 1.97 bits per heavy atom. The van der Waals surface area contributed by atoms with E-state index >= 15 is 0 Å². The highest BCUT2D eigenvalue weighted by Gasteiger charge is 2.22. The molecule has 0 atom stereocenters. The van der Waals surface area contributed by atoms with E-state index in [1.807, 2.05) is 55.4 Å². The minimum absolute atomic E-state index is 0.0945. The first-order valence-corrected chi connectivity index (χ1v) is 10.9. The van der Waals surface area contributed by atoms with Crippen molar-refractivity contribution in [3.05, 3.63) is 53.1 Å². The molecule has 0 fully saturated rings. The van der Waals surface area contributed by atoms with Crippen molar-refractivity contribution in [2.24, 2.45) is 0 Å². The number of hydrogen-bond donors (Lipinski definition) is 0. The second kappa shape index (κ2) is 10.1. The minimum atomic E-state index is -0.0945. The number of likely N-dealkylation sites (N-methyl/N-ethyl adjacent to an activating group) is 1. The number of benzene rings is 2. The van der Waals surface area contributed by atoms with Crippen molar-refractivity contribution in [1.29, 1.82) is 0 Å². The van der Waals surface area contributed by atoms with Crippen LogP contribution in [0.5, 0.6) is 5.75 Å². The number of amides is 1. The lowest BCUT2D eigenvalue weighted by Gasteiger charge is -2.22. The summed E-state index contributed by atoms with van der Waals surface area (Å²) in [6, 6.07) is 13.0. The van der Waals surface area contributed by atoms with Crippen LogP contribution in [0.3, 0.4) is 0 Å². The number of rotatable bonds is 9. The molecule has 29 heavy (non-hydrogen) atoms. The van der Waals surface area contributed by atoms with Gasteiger partial charge in [0, 0.05) is 18.7 Å². The molecule has 0 radical (unpaired) electrons. The molecule has 0 saturated carbocycles. The molecule has 0 aliphatic carbocycles. The Hall–Kier alpha value is -2.15. The Morgan fingerprint density at radius 3 is 2.69 bits per heavy atom. The van der Waals surface area contributed by atoms with E-state index in [-0.39, 0.29) is 5.91 Å². The standard InChI is InChI=1S/C22H26ClN3O2S/c1-4-5-14-28-17-9-6-8-16(15-17)21(27)26(13-12-25(2)3)22-24-20-18(23)10-7-11-19(20)29-22/h6-11,15H,4-5,12-14H2,1-3H3. The summed E-state index contributed by atoms with van der Waals surface area (Å²) in [5.41, 5.74) is 1.32. The fourth-order valence-corrected chi connectivity index (χ4v) is 4.10. The number of nitrogens with zero attached hydrogens (tertiary/aromatic N) is 3. The third-order valence-corrected chi connectivity index (χ3v) is 5.80. The van der Waals surface area contributed by atoms with Crippen molar-refractivity contribution in [2.45, 2.75) is 19.8 Å². The fourth-order valence-electron chi connectivity index (χ4n) is 2.81. The van der Waals surface area contributed by atoms with Gasteiger partial charge in [0.25, 0.3) is 5.91 Å². The number of hydrogen-bond acceptors (Lipinski definition) is 5. The molecule has 0 spiro atoms. The molecule has 2 aromatic carbocycles. The van der Waals surface area contributed by atoms with Gasteiger partial charge < -0.3 is 9.64 Å². The molecule has 3 aromatic rings. The van der Waals surface area contributed by atoms with E-state index in [0.717, 1.165) is 29.6 Å². The summed E-state index contributed by atoms with van der Waals surface area (Å²) in [5.74, 6) is 0.618. The number of unbranched alkanes of at least 4 members (excludes halogenated alkanes) is 1. The molecular weight excluding hydrogens is 406 g/mol. The largest absolute Gasteiger partial charge is 0.494 e. The summed E-state index contributed by atoms with van der Waals surface area (Å²) >= 11 is 7.77. The topological polar surface area (TPSA) is 45.7 Å². The SMILES string of the molecule is CCCCOc1cccc(C(=O)N(CCN(C)C)c2nc3c(Cl)cccc3s2)c1. The normalized spacial score (nSPS) is 11.2. The third-order valence-electron chi connectivity index (χ3n) is 4.45. The molecule has 1 amide bonds. The van der Waals surface area contributed by atoms with Crippen LogP contribution in [0, 0.1) is 0 Å². The van der Waals surface area contributed by atoms with Crippen LogP contribution < -0.4 is 9.64 Å². The number of thiazole rings is 1. The first-order valence-electron chi connectivity index (χ1n) is 9.74. The molecule has 1 heterocycles. The third kappa shape index (κ3) is 5.47. The van der Waals surface area contributed by atoms with Gasteiger partial charge >= 0.3 is 0 Å². The highest BCUT2D eigenvalue weighted by atomic mass is 35.5. The van der Waals surface area contributed by atoms with Crippen LogP contribution in [0.2, 0.25) is 5.02 Å². The zero-order chi connectivity index (χ0) is 20.8. The number of fused-ring (bicyclic) bond motifs is 1. The van der Waals surface area contributed by atoms with Gasteiger partial charge in [0.1, 0.15) is 11.3 Å². The predicted octanol–water partition coefficient (Wildman–Crippen LogP) is 5.34. The van der Waals surface area contributed by atoms with Gasteiger partial charge in [0.15, 0.2) is 5.13 Å². The molecule has 3 rings (SSSR count). The number of ether oxygens (including phenoxy) is 1. The monoisotopic (exact) mass is 431 g/mol. The number of para-hydroxylation sites is 1. The summed E-state index contributed by atoms with van der Waals surface area (Å²) in [6.07, 6.45) is 2.05. The van der Waals surface area contributed by atoms with Crippen molar-refractivity contribution < 1.29 is 9.53 Å². The lowest BCUT2D eigenvalue weighted by Crippen LogP contribution is -2.36. The average molecular weight is 432 g/mol. The Morgan fingerprint density at radius 1 is 1.17 bits per heavy atom. The van der Waals surface area contributed by atoms with Crippen molar-refractivity contribution in [3.8, 4) is 5.75 Å². The molecular formula is C22H26ClN3O2S. The van der Waals surface area contributed by atoms with Crippen LogP contribution in [0.4, 0.5) is 5.13 Å². The zero-order valence-electron chi connectivity index (χ0n) is 17.0. The van der Waals surface area contributed by atoms with Crippen LogP contribution in [0.25, 0.3) is 10.2 Å². The van der Waals surface area contributed by atoms with E-state index in [1.165, 1.54) is 11.3 Å². The highest BCUT2D eigenvalue weighted by molar-refractivity contribution is 7.22. The molecule has 0 bridgehead atoms. The summed E-state index contributed by atoms with van der Waals surface area (Å²) in [4.78, 5) is 21.8. The summed E-state index contributed by atoms with van der Waals surface area (Å²) in [7, 11) is 3.97. The van der Waals surface area contributed by atoms with E-state index in [9.17, 15) is 4.79 Å². The highest BCUT2D eigenvalue weighted by Crippen LogP contribution is 2.33. The van der Waals surface area contributed by atoms with Gasteiger partial charge in [-0.25, -0.2) is 4.98 Å². The van der Waals surface area contributed by atoms with Gasteiger partial charge in [0.05, 0.1) is 16.3 Å². The van der Waals surface area contributed by atoms with Crippen LogP contribution >= 0.6 is 22.9 Å². The van der Waals surface area contributed by atoms with Crippen molar-refractivity contribution in [1.82, 2.24) is 9.88 Å². The number of carbonyl (C=O) groups is 1. The van der Waals surface area contributed by atoms with Crippen LogP contribution in [0.15, 0.2) is 42.5 Å². The Balaban J connectivity index is 1.90. The van der Waals surface area contributed by atoms with Crippen LogP contribution in [-0.2, 0) is 0 Å². The number of anilines is 1. The van der Waals surface area contributed by atoms with Gasteiger partial charge in [-0.1, -0.05) is 48.4 Å². The van der Waals surface area contributed by atoms with E-state index in [1.54, 1.807) is 11.0 Å². The number of aromatic nitrogens is 1. The van der Waals surface area contributed by atoms with Gasteiger partial charge in [-0.05, 0) is 50.8 Å². The van der Waals surface area contributed by atoms with E-state index in [0.29, 0.717) is 34.6 Å². The quantitative estimate of drug-likeness (QED) is 0.429. The lowest BCUT2D eigenvalue weighted by atomic mass is 10.2. The van der Waals surface area contributed by atoms with Gasteiger partial charge in [-0.2, -0.15) is 0 Å². The van der Waals surface area contributed by atoms with E-state index in [4.69, 9.17) is 16.3 Å². The minimum Gasteiger partial charge on any atom is -0.494 e. The number of halogens is 1. The molecule has 7 heteroatoms. The molecule has 0 unspecified atom stereocenters. The Bertz CT molecular complexity index is 974. The van der Waals surface area contributed by atoms with E-state index in [2.05, 4.69) is 11.9 Å². The van der Waals surface area contributed by atoms with Crippen molar-refractivity contribution in [2.75, 3.05) is 38.7 Å². The molecule has 0 aliphatic heterocycles. The molecule has 0 aliphatic rings. The van der Waals surface area contributed by atoms with Crippen molar-refractivity contribution in [3.63, 3.8) is 0 Å². The fraction of sp³-hybridized carbons (Fsp3) is 0.364. The summed E-state index contributed by atoms with van der Waals surface area (Å²) in [6.45, 7) is 4.03. The smallest absolute Gasteiger partial charge is 0.260 e. The maximum atomic E-state index is 13.4. The molecule has 1 aromatic heterocycles. The van der Waals surface area contributed by atoms with Crippen molar-refractivity contribution >= 4 is 44.2 Å². The van der Waals surface area contributed by atoms with E-state index < -0.39 is 0 Å². The predicted molar refractivity (Wildman–Crippen MR) is 122 cm³/mol. The maximum Gasteiger partial charge on any atom is 0.260 e. The number of carbonyl (C=O) groups excluding carboxylic acids is 1. The lowest BCUT2D eigenvalue weighted by molar-refractivity contribution is 0.0984. The zero-order valence-corrected chi connectivity index (χ0v) is 18.6. The second-order valence-corrected chi connectivity index (χ2v) is 8.49. The summed E-state index contributed by atoms with van der Waals surface area (Å²) in [5, 5.41) is 1.24. The molecule has 0 saturated heterocycles. The van der Waals surface area contributed by atoms with Crippen LogP contribution in [0.1, 0.15) is 30.1 Å². The second-order valence-electron chi connectivity index (χ2n) is 7.07. The summed E-state index contributed by atoms with van der Waals surface area (Å²) < 4.78 is 6.74. The molecule has 0 N–H and O–H groups in total. The Labute approximate surface area is 180 Å². The molecule has 5 nitrogen and oxygen atoms in total. The van der Waals surface area contributed by atoms with Gasteiger partial charge in [-0.3, -0.25) is 9.69 Å². The first kappa shape index (κ1) is 21.6. The van der Waals surface area contributed by atoms with Crippen LogP contribution in [-0.4, -0.2) is 49.6 Å². The first-order chi connectivity index (χ1) is 14.0. The maximum absolute atomic E-state index is 13.4. The Kier molecular flexibility index (Phi) is 7.47. The molecule has 154 valence electrons. The van der Waals surface area contributed by atoms with Gasteiger partial charge in [0.2, 0.25) is 0 Å². The van der Waals surface area contributed by atoms with Gasteiger partial charge in [-0.15, -0.1) is 0 Å². The average Bonchev–Trinajstić information content (AvgIpc) is 3.13.